The molecule has 1 saturated carbocycles. The Bertz CT molecular complexity index is 515. The van der Waals surface area contributed by atoms with Gasteiger partial charge in [-0.1, -0.05) is 30.2 Å². The van der Waals surface area contributed by atoms with Crippen LogP contribution < -0.4 is 5.32 Å². The van der Waals surface area contributed by atoms with Gasteiger partial charge in [-0.15, -0.1) is 0 Å². The van der Waals surface area contributed by atoms with Crippen molar-refractivity contribution >= 4 is 5.91 Å². The largest absolute Gasteiger partial charge is 0.343 e. The van der Waals surface area contributed by atoms with Gasteiger partial charge in [0.05, 0.1) is 0 Å². The molecule has 3 rings (SSSR count). The highest BCUT2D eigenvalue weighted by Gasteiger charge is 2.42. The molecule has 1 unspecified atom stereocenters. The van der Waals surface area contributed by atoms with E-state index in [-0.39, 0.29) is 11.8 Å². The van der Waals surface area contributed by atoms with Crippen molar-refractivity contribution < 1.29 is 9.32 Å². The molecule has 1 heterocycles. The molecule has 0 spiro atoms. The van der Waals surface area contributed by atoms with Crippen LogP contribution in [0, 0.1) is 12.8 Å². The second kappa shape index (κ2) is 5.38. The van der Waals surface area contributed by atoms with E-state index in [4.69, 9.17) is 4.52 Å². The topological polar surface area (TPSA) is 68.0 Å². The van der Waals surface area contributed by atoms with Gasteiger partial charge in [0.15, 0.2) is 5.82 Å². The Kier molecular flexibility index (Phi) is 3.59. The first-order valence-electron chi connectivity index (χ1n) is 7.47. The molecule has 5 heteroatoms. The Balaban J connectivity index is 1.77. The summed E-state index contributed by atoms with van der Waals surface area (Å²) in [6, 6.07) is 0. The molecule has 1 N–H and O–H groups in total. The summed E-state index contributed by atoms with van der Waals surface area (Å²) in [5.74, 6) is 1.43. The van der Waals surface area contributed by atoms with Crippen LogP contribution in [-0.2, 0) is 10.3 Å². The third-order valence-corrected chi connectivity index (χ3v) is 4.42. The summed E-state index contributed by atoms with van der Waals surface area (Å²) in [5.41, 5.74) is -0.407. The molecule has 0 aliphatic heterocycles. The van der Waals surface area contributed by atoms with Crippen molar-refractivity contribution in [2.75, 3.05) is 0 Å². The number of allylic oxidation sites excluding steroid dienone is 2. The molecular weight excluding hydrogens is 254 g/mol. The average molecular weight is 275 g/mol. The fraction of sp³-hybridized carbons (Fsp3) is 0.667. The summed E-state index contributed by atoms with van der Waals surface area (Å²) in [6.45, 7) is 1.78. The molecule has 1 amide bonds. The number of carbonyl (C=O) groups excluding carboxylic acids is 1. The van der Waals surface area contributed by atoms with Gasteiger partial charge in [-0.05, 0) is 32.1 Å². The molecule has 2 aliphatic carbocycles. The Labute approximate surface area is 118 Å². The maximum absolute atomic E-state index is 12.5. The molecule has 20 heavy (non-hydrogen) atoms. The van der Waals surface area contributed by atoms with E-state index < -0.39 is 5.54 Å². The van der Waals surface area contributed by atoms with Crippen molar-refractivity contribution in [3.63, 3.8) is 0 Å². The van der Waals surface area contributed by atoms with Gasteiger partial charge in [0.1, 0.15) is 5.54 Å². The van der Waals surface area contributed by atoms with Crippen LogP contribution in [0.25, 0.3) is 0 Å². The van der Waals surface area contributed by atoms with E-state index in [0.717, 1.165) is 44.9 Å². The Hall–Kier alpha value is -1.65. The molecule has 1 atom stereocenters. The van der Waals surface area contributed by atoms with Gasteiger partial charge in [0.2, 0.25) is 11.8 Å². The summed E-state index contributed by atoms with van der Waals surface area (Å²) in [4.78, 5) is 16.9. The minimum Gasteiger partial charge on any atom is -0.343 e. The molecule has 1 aromatic heterocycles. The molecular formula is C15H21N3O2. The van der Waals surface area contributed by atoms with E-state index in [9.17, 15) is 4.79 Å². The van der Waals surface area contributed by atoms with Gasteiger partial charge in [-0.3, -0.25) is 4.79 Å². The first kappa shape index (κ1) is 13.3. The number of nitrogens with zero attached hydrogens (tertiary/aromatic N) is 2. The molecule has 1 fully saturated rings. The minimum absolute atomic E-state index is 0.0884. The van der Waals surface area contributed by atoms with Crippen molar-refractivity contribution in [1.29, 1.82) is 0 Å². The van der Waals surface area contributed by atoms with Crippen LogP contribution in [0.2, 0.25) is 0 Å². The lowest BCUT2D eigenvalue weighted by Gasteiger charge is -2.29. The van der Waals surface area contributed by atoms with Crippen molar-refractivity contribution in [3.05, 3.63) is 23.9 Å². The quantitative estimate of drug-likeness (QED) is 0.861. The average Bonchev–Trinajstić information content (AvgIpc) is 3.10. The first-order chi connectivity index (χ1) is 9.70. The van der Waals surface area contributed by atoms with Crippen molar-refractivity contribution in [1.82, 2.24) is 15.5 Å². The molecule has 0 bridgehead atoms. The van der Waals surface area contributed by atoms with Gasteiger partial charge in [-0.25, -0.2) is 0 Å². The zero-order valence-electron chi connectivity index (χ0n) is 11.9. The van der Waals surface area contributed by atoms with Crippen LogP contribution in [-0.4, -0.2) is 16.0 Å². The molecule has 0 radical (unpaired) electrons. The maximum atomic E-state index is 12.5. The normalized spacial score (nSPS) is 24.8. The van der Waals surface area contributed by atoms with Crippen LogP contribution >= 0.6 is 0 Å². The number of aryl methyl sites for hydroxylation is 1. The maximum Gasteiger partial charge on any atom is 0.224 e. The van der Waals surface area contributed by atoms with E-state index in [1.807, 2.05) is 0 Å². The summed E-state index contributed by atoms with van der Waals surface area (Å²) in [6.07, 6.45) is 11.0. The Morgan fingerprint density at radius 2 is 2.20 bits per heavy atom. The molecule has 0 aromatic carbocycles. The number of nitrogens with one attached hydrogen (secondary N) is 1. The number of aromatic nitrogens is 2. The van der Waals surface area contributed by atoms with E-state index in [2.05, 4.69) is 27.6 Å². The number of hydrogen-bond acceptors (Lipinski definition) is 4. The fourth-order valence-electron chi connectivity index (χ4n) is 3.25. The molecule has 108 valence electrons. The van der Waals surface area contributed by atoms with Crippen molar-refractivity contribution in [3.8, 4) is 0 Å². The Morgan fingerprint density at radius 1 is 1.40 bits per heavy atom. The minimum atomic E-state index is -0.407. The number of hydrogen-bond donors (Lipinski definition) is 1. The smallest absolute Gasteiger partial charge is 0.224 e. The Morgan fingerprint density at radius 3 is 2.80 bits per heavy atom. The van der Waals surface area contributed by atoms with Crippen LogP contribution in [0.5, 0.6) is 0 Å². The summed E-state index contributed by atoms with van der Waals surface area (Å²) in [5, 5.41) is 7.29. The van der Waals surface area contributed by atoms with Crippen LogP contribution in [0.3, 0.4) is 0 Å². The van der Waals surface area contributed by atoms with Crippen LogP contribution in [0.4, 0.5) is 0 Å². The first-order valence-corrected chi connectivity index (χ1v) is 7.47. The predicted molar refractivity (Wildman–Crippen MR) is 73.8 cm³/mol. The van der Waals surface area contributed by atoms with E-state index >= 15 is 0 Å². The lowest BCUT2D eigenvalue weighted by molar-refractivity contribution is -0.127. The van der Waals surface area contributed by atoms with Gasteiger partial charge < -0.3 is 9.84 Å². The third kappa shape index (κ3) is 2.49. The molecule has 1 aromatic rings. The SMILES string of the molecule is Cc1nc(C2(NC(=O)C3CC=CCC3)CCCC2)no1. The van der Waals surface area contributed by atoms with Crippen LogP contribution in [0.1, 0.15) is 56.7 Å². The third-order valence-electron chi connectivity index (χ3n) is 4.42. The van der Waals surface area contributed by atoms with Crippen molar-refractivity contribution in [2.45, 2.75) is 57.4 Å². The highest BCUT2D eigenvalue weighted by molar-refractivity contribution is 5.80. The number of amides is 1. The fourth-order valence-corrected chi connectivity index (χ4v) is 3.25. The molecule has 5 nitrogen and oxygen atoms in total. The second-order valence-electron chi connectivity index (χ2n) is 5.90. The van der Waals surface area contributed by atoms with E-state index in [0.29, 0.717) is 11.7 Å². The lowest BCUT2D eigenvalue weighted by Crippen LogP contribution is -2.47. The van der Waals surface area contributed by atoms with E-state index in [1.54, 1.807) is 6.92 Å². The standard InChI is InChI=1S/C15H21N3O2/c1-11-16-14(18-20-11)15(9-5-6-10-15)17-13(19)12-7-3-2-4-8-12/h2-3,12H,4-10H2,1H3,(H,17,19). The van der Waals surface area contributed by atoms with Crippen molar-refractivity contribution in [2.24, 2.45) is 5.92 Å². The van der Waals surface area contributed by atoms with Gasteiger partial charge in [0, 0.05) is 12.8 Å². The summed E-state index contributed by atoms with van der Waals surface area (Å²) < 4.78 is 5.11. The number of rotatable bonds is 3. The van der Waals surface area contributed by atoms with E-state index in [1.165, 1.54) is 0 Å². The summed E-state index contributed by atoms with van der Waals surface area (Å²) in [7, 11) is 0. The second-order valence-corrected chi connectivity index (χ2v) is 5.90. The monoisotopic (exact) mass is 275 g/mol. The molecule has 2 aliphatic rings. The summed E-state index contributed by atoms with van der Waals surface area (Å²) >= 11 is 0. The zero-order chi connectivity index (χ0) is 14.0. The lowest BCUT2D eigenvalue weighted by atomic mass is 9.90. The van der Waals surface area contributed by atoms with Gasteiger partial charge in [0.25, 0.3) is 0 Å². The highest BCUT2D eigenvalue weighted by atomic mass is 16.5. The predicted octanol–water partition coefficient (Wildman–Crippen LogP) is 2.62. The highest BCUT2D eigenvalue weighted by Crippen LogP contribution is 2.38. The molecule has 0 saturated heterocycles. The van der Waals surface area contributed by atoms with Crippen LogP contribution in [0.15, 0.2) is 16.7 Å². The van der Waals surface area contributed by atoms with Gasteiger partial charge in [-0.2, -0.15) is 4.98 Å². The number of carbonyl (C=O) groups is 1. The van der Waals surface area contributed by atoms with Gasteiger partial charge >= 0.3 is 0 Å². The zero-order valence-corrected chi connectivity index (χ0v) is 11.9.